The van der Waals surface area contributed by atoms with Crippen molar-refractivity contribution in [2.75, 3.05) is 23.7 Å². The highest BCUT2D eigenvalue weighted by Crippen LogP contribution is 2.31. The minimum absolute atomic E-state index is 0.520. The predicted octanol–water partition coefficient (Wildman–Crippen LogP) is 2.05. The van der Waals surface area contributed by atoms with E-state index in [2.05, 4.69) is 45.2 Å². The highest BCUT2D eigenvalue weighted by atomic mass is 15.2. The molecule has 1 unspecified atom stereocenters. The number of rotatable bonds is 2. The third kappa shape index (κ3) is 2.01. The van der Waals surface area contributed by atoms with E-state index in [1.165, 1.54) is 5.56 Å². The van der Waals surface area contributed by atoms with E-state index >= 15 is 0 Å². The van der Waals surface area contributed by atoms with Crippen molar-refractivity contribution in [3.8, 4) is 0 Å². The molecule has 2 aromatic rings. The molecule has 1 aromatic carbocycles. The lowest BCUT2D eigenvalue weighted by Crippen LogP contribution is -2.22. The summed E-state index contributed by atoms with van der Waals surface area (Å²) in [7, 11) is 0. The molecule has 1 aliphatic heterocycles. The third-order valence-electron chi connectivity index (χ3n) is 3.46. The molecule has 1 fully saturated rings. The molecule has 0 radical (unpaired) electrons. The lowest BCUT2D eigenvalue weighted by atomic mass is 9.99. The number of benzene rings is 1. The zero-order valence-corrected chi connectivity index (χ0v) is 10.2. The number of nitrogen functional groups attached to an aromatic ring is 1. The summed E-state index contributed by atoms with van der Waals surface area (Å²) >= 11 is 0. The van der Waals surface area contributed by atoms with E-state index in [1.54, 1.807) is 12.4 Å². The maximum absolute atomic E-state index is 5.87. The molecule has 92 valence electrons. The van der Waals surface area contributed by atoms with E-state index < -0.39 is 0 Å². The van der Waals surface area contributed by atoms with Gasteiger partial charge < -0.3 is 10.6 Å². The van der Waals surface area contributed by atoms with Gasteiger partial charge in [0, 0.05) is 31.4 Å². The normalized spacial score (nSPS) is 19.1. The second kappa shape index (κ2) is 4.64. The zero-order valence-electron chi connectivity index (χ0n) is 10.2. The Kier molecular flexibility index (Phi) is 2.84. The molecule has 4 nitrogen and oxygen atoms in total. The number of hydrogen-bond acceptors (Lipinski definition) is 4. The van der Waals surface area contributed by atoms with Crippen LogP contribution in [0.5, 0.6) is 0 Å². The van der Waals surface area contributed by atoms with Crippen LogP contribution in [0.4, 0.5) is 11.6 Å². The standard InChI is InChI=1S/C14H16N4/c15-13-14(17-8-7-16-13)18-9-6-12(10-18)11-4-2-1-3-5-11/h1-5,7-8,12H,6,9-10H2,(H2,15,16). The molecular weight excluding hydrogens is 224 g/mol. The Morgan fingerprint density at radius 1 is 1.11 bits per heavy atom. The maximum atomic E-state index is 5.87. The first-order chi connectivity index (χ1) is 8.84. The van der Waals surface area contributed by atoms with Gasteiger partial charge in [-0.2, -0.15) is 0 Å². The second-order valence-corrected chi connectivity index (χ2v) is 4.61. The molecule has 1 saturated heterocycles. The maximum Gasteiger partial charge on any atom is 0.171 e. The van der Waals surface area contributed by atoms with Crippen molar-refractivity contribution in [2.24, 2.45) is 0 Å². The van der Waals surface area contributed by atoms with Crippen molar-refractivity contribution in [1.29, 1.82) is 0 Å². The van der Waals surface area contributed by atoms with Gasteiger partial charge in [0.25, 0.3) is 0 Å². The van der Waals surface area contributed by atoms with Crippen molar-refractivity contribution in [1.82, 2.24) is 9.97 Å². The van der Waals surface area contributed by atoms with Gasteiger partial charge in [0.1, 0.15) is 0 Å². The van der Waals surface area contributed by atoms with Gasteiger partial charge in [-0.1, -0.05) is 30.3 Å². The van der Waals surface area contributed by atoms with E-state index in [-0.39, 0.29) is 0 Å². The van der Waals surface area contributed by atoms with Crippen LogP contribution < -0.4 is 10.6 Å². The molecule has 1 aliphatic rings. The molecule has 2 heterocycles. The molecule has 0 spiro atoms. The Morgan fingerprint density at radius 2 is 1.89 bits per heavy atom. The van der Waals surface area contributed by atoms with Crippen LogP contribution in [-0.2, 0) is 0 Å². The lowest BCUT2D eigenvalue weighted by Gasteiger charge is -2.18. The highest BCUT2D eigenvalue weighted by Gasteiger charge is 2.25. The summed E-state index contributed by atoms with van der Waals surface area (Å²) < 4.78 is 0. The summed E-state index contributed by atoms with van der Waals surface area (Å²) in [6.45, 7) is 1.95. The fourth-order valence-electron chi connectivity index (χ4n) is 2.54. The Hall–Kier alpha value is -2.10. The minimum atomic E-state index is 0.520. The van der Waals surface area contributed by atoms with Crippen LogP contribution in [0.1, 0.15) is 17.9 Å². The van der Waals surface area contributed by atoms with Crippen LogP contribution in [-0.4, -0.2) is 23.1 Å². The van der Waals surface area contributed by atoms with Gasteiger partial charge in [0.2, 0.25) is 0 Å². The number of nitrogens with two attached hydrogens (primary N) is 1. The molecule has 3 rings (SSSR count). The van der Waals surface area contributed by atoms with Crippen LogP contribution in [0, 0.1) is 0 Å². The van der Waals surface area contributed by atoms with Crippen LogP contribution in [0.3, 0.4) is 0 Å². The van der Waals surface area contributed by atoms with E-state index in [4.69, 9.17) is 5.73 Å². The van der Waals surface area contributed by atoms with Crippen molar-refractivity contribution in [3.05, 3.63) is 48.3 Å². The molecule has 0 saturated carbocycles. The minimum Gasteiger partial charge on any atom is -0.381 e. The number of hydrogen-bond donors (Lipinski definition) is 1. The largest absolute Gasteiger partial charge is 0.381 e. The van der Waals surface area contributed by atoms with Crippen molar-refractivity contribution in [3.63, 3.8) is 0 Å². The van der Waals surface area contributed by atoms with Gasteiger partial charge in [0.05, 0.1) is 0 Å². The van der Waals surface area contributed by atoms with Gasteiger partial charge in [-0.25, -0.2) is 9.97 Å². The first-order valence-electron chi connectivity index (χ1n) is 6.21. The Morgan fingerprint density at radius 3 is 2.67 bits per heavy atom. The van der Waals surface area contributed by atoms with Gasteiger partial charge in [-0.15, -0.1) is 0 Å². The van der Waals surface area contributed by atoms with Gasteiger partial charge in [0.15, 0.2) is 11.6 Å². The molecule has 18 heavy (non-hydrogen) atoms. The van der Waals surface area contributed by atoms with Crippen LogP contribution >= 0.6 is 0 Å². The summed E-state index contributed by atoms with van der Waals surface area (Å²) in [6.07, 6.45) is 4.46. The average molecular weight is 240 g/mol. The Bertz CT molecular complexity index is 526. The van der Waals surface area contributed by atoms with E-state index in [0.29, 0.717) is 11.7 Å². The summed E-state index contributed by atoms with van der Waals surface area (Å²) in [6, 6.07) is 10.6. The first kappa shape index (κ1) is 11.0. The van der Waals surface area contributed by atoms with Crippen molar-refractivity contribution < 1.29 is 0 Å². The van der Waals surface area contributed by atoms with Gasteiger partial charge in [-0.3, -0.25) is 0 Å². The second-order valence-electron chi connectivity index (χ2n) is 4.61. The summed E-state index contributed by atoms with van der Waals surface area (Å²) in [5.41, 5.74) is 7.26. The SMILES string of the molecule is Nc1nccnc1N1CCC(c2ccccc2)C1. The molecule has 0 amide bonds. The first-order valence-corrected chi connectivity index (χ1v) is 6.21. The Balaban J connectivity index is 1.78. The quantitative estimate of drug-likeness (QED) is 0.873. The number of anilines is 2. The summed E-state index contributed by atoms with van der Waals surface area (Å²) in [5, 5.41) is 0. The fraction of sp³-hybridized carbons (Fsp3) is 0.286. The van der Waals surface area contributed by atoms with E-state index in [0.717, 1.165) is 25.3 Å². The van der Waals surface area contributed by atoms with E-state index in [1.807, 2.05) is 0 Å². The van der Waals surface area contributed by atoms with Crippen molar-refractivity contribution >= 4 is 11.6 Å². The lowest BCUT2D eigenvalue weighted by molar-refractivity contribution is 0.774. The molecule has 1 atom stereocenters. The van der Waals surface area contributed by atoms with Crippen LogP contribution in [0.15, 0.2) is 42.7 Å². The van der Waals surface area contributed by atoms with Crippen LogP contribution in [0.2, 0.25) is 0 Å². The number of nitrogens with zero attached hydrogens (tertiary/aromatic N) is 3. The van der Waals surface area contributed by atoms with Gasteiger partial charge >= 0.3 is 0 Å². The van der Waals surface area contributed by atoms with Crippen LogP contribution in [0.25, 0.3) is 0 Å². The zero-order chi connectivity index (χ0) is 12.4. The third-order valence-corrected chi connectivity index (χ3v) is 3.46. The van der Waals surface area contributed by atoms with E-state index in [9.17, 15) is 0 Å². The molecule has 2 N–H and O–H groups in total. The molecule has 0 aliphatic carbocycles. The summed E-state index contributed by atoms with van der Waals surface area (Å²) in [4.78, 5) is 10.6. The Labute approximate surface area is 106 Å². The fourth-order valence-corrected chi connectivity index (χ4v) is 2.54. The number of aromatic nitrogens is 2. The van der Waals surface area contributed by atoms with Gasteiger partial charge in [-0.05, 0) is 12.0 Å². The van der Waals surface area contributed by atoms with Crippen molar-refractivity contribution in [2.45, 2.75) is 12.3 Å². The molecule has 1 aromatic heterocycles. The molecule has 4 heteroatoms. The molecular formula is C14H16N4. The predicted molar refractivity (Wildman–Crippen MR) is 72.5 cm³/mol. The monoisotopic (exact) mass is 240 g/mol. The molecule has 0 bridgehead atoms. The smallest absolute Gasteiger partial charge is 0.171 e. The topological polar surface area (TPSA) is 55.0 Å². The highest BCUT2D eigenvalue weighted by molar-refractivity contribution is 5.58. The summed E-state index contributed by atoms with van der Waals surface area (Å²) in [5.74, 6) is 1.90. The average Bonchev–Trinajstić information content (AvgIpc) is 2.90.